The van der Waals surface area contributed by atoms with Crippen LogP contribution in [0.2, 0.25) is 0 Å². The molecule has 6 heteroatoms. The summed E-state index contributed by atoms with van der Waals surface area (Å²) in [6.07, 6.45) is 22.3. The van der Waals surface area contributed by atoms with E-state index >= 15 is 0 Å². The summed E-state index contributed by atoms with van der Waals surface area (Å²) in [6, 6.07) is 5.59. The van der Waals surface area contributed by atoms with E-state index < -0.39 is 6.09 Å². The lowest BCUT2D eigenvalue weighted by molar-refractivity contribution is -0.0709. The Bertz CT molecular complexity index is 614. The summed E-state index contributed by atoms with van der Waals surface area (Å²) in [7, 11) is 0. The topological polar surface area (TPSA) is 69.7 Å². The van der Waals surface area contributed by atoms with Crippen LogP contribution in [0, 0.1) is 0 Å². The number of ether oxygens (including phenoxy) is 3. The smallest absolute Gasteiger partial charge is 0.407 e. The maximum atomic E-state index is 11.8. The number of aromatic nitrogens is 1. The second kappa shape index (κ2) is 19.6. The standard InChI is InChI=1S/C28H48N2O4/c1-2-3-4-5-6-7-8-9-10-11-12-13-14-15-16-20-27-32-23-26(34-27)24-33-28(31)30-22-25-19-17-18-21-29-25/h17-19,21,26-27H,2-16,20,22-24H2,1H3,(H,30,31). The number of carbonyl (C=O) groups excluding carboxylic acids is 1. The van der Waals surface area contributed by atoms with Crippen molar-refractivity contribution in [3.05, 3.63) is 30.1 Å². The van der Waals surface area contributed by atoms with Gasteiger partial charge >= 0.3 is 6.09 Å². The van der Waals surface area contributed by atoms with Gasteiger partial charge in [0.1, 0.15) is 12.7 Å². The third-order valence-electron chi connectivity index (χ3n) is 6.40. The fourth-order valence-corrected chi connectivity index (χ4v) is 4.31. The lowest BCUT2D eigenvalue weighted by Gasteiger charge is -2.12. The monoisotopic (exact) mass is 476 g/mol. The number of hydrogen-bond acceptors (Lipinski definition) is 5. The lowest BCUT2D eigenvalue weighted by Crippen LogP contribution is -2.29. The summed E-state index contributed by atoms with van der Waals surface area (Å²) in [5.41, 5.74) is 0.795. The molecule has 194 valence electrons. The highest BCUT2D eigenvalue weighted by molar-refractivity contribution is 5.67. The van der Waals surface area contributed by atoms with Crippen molar-refractivity contribution >= 4 is 6.09 Å². The third kappa shape index (κ3) is 14.6. The summed E-state index contributed by atoms with van der Waals surface area (Å²) >= 11 is 0. The molecule has 2 heterocycles. The Kier molecular flexibility index (Phi) is 16.5. The fraction of sp³-hybridized carbons (Fsp3) is 0.786. The quantitative estimate of drug-likeness (QED) is 0.200. The molecule has 0 bridgehead atoms. The molecular weight excluding hydrogens is 428 g/mol. The number of unbranched alkanes of at least 4 members (excludes halogenated alkanes) is 14. The van der Waals surface area contributed by atoms with Gasteiger partial charge in [-0.15, -0.1) is 0 Å². The Balaban J connectivity index is 1.33. The van der Waals surface area contributed by atoms with E-state index in [1.807, 2.05) is 18.2 Å². The molecule has 1 aromatic rings. The second-order valence-electron chi connectivity index (χ2n) is 9.53. The Morgan fingerprint density at radius 1 is 0.941 bits per heavy atom. The predicted molar refractivity (Wildman–Crippen MR) is 137 cm³/mol. The van der Waals surface area contributed by atoms with Crippen LogP contribution in [0.1, 0.15) is 115 Å². The van der Waals surface area contributed by atoms with Crippen molar-refractivity contribution in [1.82, 2.24) is 10.3 Å². The zero-order valence-corrected chi connectivity index (χ0v) is 21.5. The van der Waals surface area contributed by atoms with Crippen LogP contribution in [0.25, 0.3) is 0 Å². The Morgan fingerprint density at radius 2 is 1.56 bits per heavy atom. The summed E-state index contributed by atoms with van der Waals surface area (Å²) in [5, 5.41) is 2.70. The molecule has 6 nitrogen and oxygen atoms in total. The fourth-order valence-electron chi connectivity index (χ4n) is 4.31. The Morgan fingerprint density at radius 3 is 2.15 bits per heavy atom. The Labute approximate surface area is 207 Å². The van der Waals surface area contributed by atoms with E-state index in [1.165, 1.54) is 89.9 Å². The number of rotatable bonds is 20. The van der Waals surface area contributed by atoms with Gasteiger partial charge in [0.25, 0.3) is 0 Å². The minimum absolute atomic E-state index is 0.160. The van der Waals surface area contributed by atoms with Gasteiger partial charge in [-0.2, -0.15) is 0 Å². The average molecular weight is 477 g/mol. The number of pyridine rings is 1. The highest BCUT2D eigenvalue weighted by Crippen LogP contribution is 2.19. The minimum atomic E-state index is -0.458. The molecule has 0 saturated carbocycles. The van der Waals surface area contributed by atoms with Gasteiger partial charge in [0.15, 0.2) is 6.29 Å². The second-order valence-corrected chi connectivity index (χ2v) is 9.53. The van der Waals surface area contributed by atoms with E-state index in [0.29, 0.717) is 13.2 Å². The van der Waals surface area contributed by atoms with Gasteiger partial charge < -0.3 is 19.5 Å². The highest BCUT2D eigenvalue weighted by atomic mass is 16.7. The maximum Gasteiger partial charge on any atom is 0.407 e. The van der Waals surface area contributed by atoms with Crippen LogP contribution in [0.3, 0.4) is 0 Å². The van der Waals surface area contributed by atoms with E-state index in [1.54, 1.807) is 6.20 Å². The number of carbonyl (C=O) groups is 1. The van der Waals surface area contributed by atoms with Crippen molar-refractivity contribution in [2.45, 2.75) is 129 Å². The Hall–Kier alpha value is -1.66. The first kappa shape index (κ1) is 28.6. The van der Waals surface area contributed by atoms with Crippen LogP contribution in [-0.4, -0.2) is 36.7 Å². The van der Waals surface area contributed by atoms with Crippen molar-refractivity contribution in [3.63, 3.8) is 0 Å². The van der Waals surface area contributed by atoms with Gasteiger partial charge in [-0.1, -0.05) is 103 Å². The molecule has 2 rings (SSSR count). The number of amides is 1. The molecule has 1 aromatic heterocycles. The van der Waals surface area contributed by atoms with Gasteiger partial charge in [0, 0.05) is 6.20 Å². The molecule has 0 radical (unpaired) electrons. The first-order valence-electron chi connectivity index (χ1n) is 13.9. The number of nitrogens with one attached hydrogen (secondary N) is 1. The molecular formula is C28H48N2O4. The number of nitrogens with zero attached hydrogens (tertiary/aromatic N) is 1. The molecule has 1 aliphatic rings. The predicted octanol–water partition coefficient (Wildman–Crippen LogP) is 7.31. The zero-order valence-electron chi connectivity index (χ0n) is 21.5. The first-order chi connectivity index (χ1) is 16.8. The summed E-state index contributed by atoms with van der Waals surface area (Å²) in [4.78, 5) is 16.0. The summed E-state index contributed by atoms with van der Waals surface area (Å²) in [6.45, 7) is 3.33. The van der Waals surface area contributed by atoms with Crippen molar-refractivity contribution in [2.24, 2.45) is 0 Å². The third-order valence-corrected chi connectivity index (χ3v) is 6.40. The molecule has 2 unspecified atom stereocenters. The highest BCUT2D eigenvalue weighted by Gasteiger charge is 2.26. The van der Waals surface area contributed by atoms with Gasteiger partial charge in [0.2, 0.25) is 0 Å². The molecule has 1 aliphatic heterocycles. The molecule has 1 saturated heterocycles. The average Bonchev–Trinajstić information content (AvgIpc) is 3.32. The molecule has 0 aromatic carbocycles. The van der Waals surface area contributed by atoms with Crippen molar-refractivity contribution < 1.29 is 19.0 Å². The molecule has 1 fully saturated rings. The largest absolute Gasteiger partial charge is 0.447 e. The van der Waals surface area contributed by atoms with Crippen LogP contribution in [-0.2, 0) is 20.8 Å². The zero-order chi connectivity index (χ0) is 24.1. The molecule has 0 aliphatic carbocycles. The minimum Gasteiger partial charge on any atom is -0.447 e. The first-order valence-corrected chi connectivity index (χ1v) is 13.9. The van der Waals surface area contributed by atoms with Crippen LogP contribution in [0.15, 0.2) is 24.4 Å². The molecule has 1 amide bonds. The summed E-state index contributed by atoms with van der Waals surface area (Å²) in [5.74, 6) is 0. The van der Waals surface area contributed by atoms with Crippen molar-refractivity contribution in [3.8, 4) is 0 Å². The van der Waals surface area contributed by atoms with E-state index in [-0.39, 0.29) is 19.0 Å². The van der Waals surface area contributed by atoms with Crippen molar-refractivity contribution in [1.29, 1.82) is 0 Å². The molecule has 2 atom stereocenters. The van der Waals surface area contributed by atoms with Crippen LogP contribution < -0.4 is 5.32 Å². The van der Waals surface area contributed by atoms with Crippen molar-refractivity contribution in [2.75, 3.05) is 13.2 Å². The SMILES string of the molecule is CCCCCCCCCCCCCCCCCC1OCC(COC(=O)NCc2ccccn2)O1. The molecule has 34 heavy (non-hydrogen) atoms. The van der Waals surface area contributed by atoms with Crippen LogP contribution in [0.4, 0.5) is 4.79 Å². The summed E-state index contributed by atoms with van der Waals surface area (Å²) < 4.78 is 16.8. The number of hydrogen-bond donors (Lipinski definition) is 1. The van der Waals surface area contributed by atoms with E-state index in [0.717, 1.165) is 18.5 Å². The van der Waals surface area contributed by atoms with Gasteiger partial charge in [-0.25, -0.2) is 4.79 Å². The maximum absolute atomic E-state index is 11.8. The van der Waals surface area contributed by atoms with E-state index in [9.17, 15) is 4.79 Å². The number of alkyl carbamates (subject to hydrolysis) is 1. The molecule has 0 spiro atoms. The van der Waals surface area contributed by atoms with Gasteiger partial charge in [-0.05, 0) is 25.0 Å². The van der Waals surface area contributed by atoms with Gasteiger partial charge in [-0.3, -0.25) is 4.98 Å². The lowest BCUT2D eigenvalue weighted by atomic mass is 10.0. The van der Waals surface area contributed by atoms with Gasteiger partial charge in [0.05, 0.1) is 18.8 Å². The van der Waals surface area contributed by atoms with E-state index in [2.05, 4.69) is 17.2 Å². The van der Waals surface area contributed by atoms with Crippen LogP contribution >= 0.6 is 0 Å². The van der Waals surface area contributed by atoms with E-state index in [4.69, 9.17) is 14.2 Å². The normalized spacial score (nSPS) is 17.7. The van der Waals surface area contributed by atoms with Crippen LogP contribution in [0.5, 0.6) is 0 Å². The molecule has 1 N–H and O–H groups in total.